The number of benzene rings is 1. The Hall–Kier alpha value is -1.35. The van der Waals surface area contributed by atoms with Crippen molar-refractivity contribution in [3.05, 3.63) is 34.9 Å². The van der Waals surface area contributed by atoms with Gasteiger partial charge >= 0.3 is 0 Å². The molecule has 3 N–H and O–H groups in total. The van der Waals surface area contributed by atoms with Gasteiger partial charge in [-0.2, -0.15) is 0 Å². The molecule has 0 aromatic heterocycles. The maximum atomic E-state index is 10.6. The minimum absolute atomic E-state index is 0.200. The second-order valence-electron chi connectivity index (χ2n) is 5.06. The van der Waals surface area contributed by atoms with Gasteiger partial charge in [-0.3, -0.25) is 4.79 Å². The molecule has 1 aliphatic carbocycles. The third-order valence-corrected chi connectivity index (χ3v) is 3.52. The van der Waals surface area contributed by atoms with E-state index in [0.717, 1.165) is 25.9 Å². The van der Waals surface area contributed by atoms with Crippen LogP contribution in [0.2, 0.25) is 0 Å². The number of hydrogen-bond acceptors (Lipinski definition) is 2. The van der Waals surface area contributed by atoms with E-state index in [2.05, 4.69) is 23.5 Å². The summed E-state index contributed by atoms with van der Waals surface area (Å²) in [7, 11) is 0. The molecule has 1 aromatic carbocycles. The molecule has 1 aliphatic rings. The van der Waals surface area contributed by atoms with Gasteiger partial charge in [0, 0.05) is 13.0 Å². The van der Waals surface area contributed by atoms with Gasteiger partial charge < -0.3 is 11.1 Å². The average molecular weight is 246 g/mol. The molecule has 0 atom stereocenters. The summed E-state index contributed by atoms with van der Waals surface area (Å²) in [5.41, 5.74) is 9.52. The van der Waals surface area contributed by atoms with Crippen LogP contribution in [0.4, 0.5) is 0 Å². The summed E-state index contributed by atoms with van der Waals surface area (Å²) in [6.07, 6.45) is 6.18. The van der Waals surface area contributed by atoms with Gasteiger partial charge in [0.15, 0.2) is 0 Å². The van der Waals surface area contributed by atoms with Crippen LogP contribution in [0, 0.1) is 0 Å². The number of fused-ring (bicyclic) bond motifs is 1. The lowest BCUT2D eigenvalue weighted by Crippen LogP contribution is -2.16. The molecule has 0 heterocycles. The Kier molecular flexibility index (Phi) is 4.76. The number of hydrogen-bond donors (Lipinski definition) is 2. The van der Waals surface area contributed by atoms with Crippen molar-refractivity contribution in [3.8, 4) is 0 Å². The van der Waals surface area contributed by atoms with Crippen LogP contribution >= 0.6 is 0 Å². The normalized spacial score (nSPS) is 13.6. The molecule has 0 fully saturated rings. The van der Waals surface area contributed by atoms with E-state index in [0.29, 0.717) is 6.42 Å². The number of amides is 1. The first kappa shape index (κ1) is 13.1. The van der Waals surface area contributed by atoms with Gasteiger partial charge in [0.1, 0.15) is 0 Å². The summed E-state index contributed by atoms with van der Waals surface area (Å²) in [6.45, 7) is 1.87. The molecule has 0 unspecified atom stereocenters. The SMILES string of the molecule is NC(=O)CCCCNCc1ccc2c(c1)CCC2. The maximum Gasteiger partial charge on any atom is 0.217 e. The van der Waals surface area contributed by atoms with Gasteiger partial charge in [-0.1, -0.05) is 18.2 Å². The minimum Gasteiger partial charge on any atom is -0.370 e. The highest BCUT2D eigenvalue weighted by atomic mass is 16.1. The lowest BCUT2D eigenvalue weighted by atomic mass is 10.1. The van der Waals surface area contributed by atoms with Gasteiger partial charge in [0.05, 0.1) is 0 Å². The van der Waals surface area contributed by atoms with E-state index in [9.17, 15) is 4.79 Å². The van der Waals surface area contributed by atoms with Gasteiger partial charge in [0.2, 0.25) is 5.91 Å². The molecule has 3 nitrogen and oxygen atoms in total. The van der Waals surface area contributed by atoms with Crippen molar-refractivity contribution in [1.29, 1.82) is 0 Å². The summed E-state index contributed by atoms with van der Waals surface area (Å²) >= 11 is 0. The molecule has 98 valence electrons. The van der Waals surface area contributed by atoms with Crippen LogP contribution in [0.3, 0.4) is 0 Å². The van der Waals surface area contributed by atoms with Gasteiger partial charge in [0.25, 0.3) is 0 Å². The predicted molar refractivity (Wildman–Crippen MR) is 73.2 cm³/mol. The molecule has 0 saturated carbocycles. The standard InChI is InChI=1S/C15H22N2O/c16-15(18)6-1-2-9-17-11-12-7-8-13-4-3-5-14(13)10-12/h7-8,10,17H,1-6,9,11H2,(H2,16,18). The molecule has 0 spiro atoms. The van der Waals surface area contributed by atoms with Crippen molar-refractivity contribution in [2.45, 2.75) is 45.1 Å². The smallest absolute Gasteiger partial charge is 0.217 e. The summed E-state index contributed by atoms with van der Waals surface area (Å²) in [5.74, 6) is -0.200. The van der Waals surface area contributed by atoms with Crippen LogP contribution in [0.15, 0.2) is 18.2 Å². The lowest BCUT2D eigenvalue weighted by Gasteiger charge is -2.07. The van der Waals surface area contributed by atoms with Gasteiger partial charge in [-0.25, -0.2) is 0 Å². The topological polar surface area (TPSA) is 55.1 Å². The maximum absolute atomic E-state index is 10.6. The Bertz CT molecular complexity index is 415. The quantitative estimate of drug-likeness (QED) is 0.722. The monoisotopic (exact) mass is 246 g/mol. The van der Waals surface area contributed by atoms with Crippen LogP contribution in [0.5, 0.6) is 0 Å². The number of rotatable bonds is 7. The van der Waals surface area contributed by atoms with Crippen LogP contribution in [0.1, 0.15) is 42.4 Å². The van der Waals surface area contributed by atoms with E-state index in [4.69, 9.17) is 5.73 Å². The van der Waals surface area contributed by atoms with Crippen molar-refractivity contribution in [1.82, 2.24) is 5.32 Å². The molecule has 3 heteroatoms. The molecule has 0 saturated heterocycles. The summed E-state index contributed by atoms with van der Waals surface area (Å²) < 4.78 is 0. The number of carbonyl (C=O) groups excluding carboxylic acids is 1. The second kappa shape index (κ2) is 6.55. The Labute approximate surface area is 109 Å². The number of unbranched alkanes of at least 4 members (excludes halogenated alkanes) is 1. The highest BCUT2D eigenvalue weighted by Crippen LogP contribution is 2.22. The third-order valence-electron chi connectivity index (χ3n) is 3.52. The molecule has 1 aromatic rings. The highest BCUT2D eigenvalue weighted by molar-refractivity contribution is 5.73. The van der Waals surface area contributed by atoms with E-state index < -0.39 is 0 Å². The van der Waals surface area contributed by atoms with Crippen LogP contribution in [-0.4, -0.2) is 12.5 Å². The van der Waals surface area contributed by atoms with E-state index >= 15 is 0 Å². The fourth-order valence-corrected chi connectivity index (χ4v) is 2.52. The first-order valence-corrected chi connectivity index (χ1v) is 6.85. The van der Waals surface area contributed by atoms with Crippen molar-refractivity contribution >= 4 is 5.91 Å². The van der Waals surface area contributed by atoms with E-state index in [1.807, 2.05) is 0 Å². The fourth-order valence-electron chi connectivity index (χ4n) is 2.52. The fraction of sp³-hybridized carbons (Fsp3) is 0.533. The lowest BCUT2D eigenvalue weighted by molar-refractivity contribution is -0.118. The van der Waals surface area contributed by atoms with Crippen molar-refractivity contribution in [2.75, 3.05) is 6.54 Å². The summed E-state index contributed by atoms with van der Waals surface area (Å²) in [5, 5.41) is 3.41. The molecule has 0 aliphatic heterocycles. The predicted octanol–water partition coefficient (Wildman–Crippen LogP) is 1.92. The van der Waals surface area contributed by atoms with Gasteiger partial charge in [-0.05, 0) is 55.3 Å². The molecule has 1 amide bonds. The molecular formula is C15H22N2O. The summed E-state index contributed by atoms with van der Waals surface area (Å²) in [4.78, 5) is 10.6. The van der Waals surface area contributed by atoms with E-state index in [1.54, 1.807) is 0 Å². The largest absolute Gasteiger partial charge is 0.370 e. The molecule has 2 rings (SSSR count). The van der Waals surface area contributed by atoms with Gasteiger partial charge in [-0.15, -0.1) is 0 Å². The van der Waals surface area contributed by atoms with E-state index in [1.165, 1.54) is 36.0 Å². The molecular weight excluding hydrogens is 224 g/mol. The Morgan fingerprint density at radius 3 is 2.89 bits per heavy atom. The molecule has 0 bridgehead atoms. The van der Waals surface area contributed by atoms with Crippen molar-refractivity contribution in [2.24, 2.45) is 5.73 Å². The Morgan fingerprint density at radius 2 is 2.06 bits per heavy atom. The highest BCUT2D eigenvalue weighted by Gasteiger charge is 2.10. The number of nitrogens with two attached hydrogens (primary N) is 1. The van der Waals surface area contributed by atoms with Crippen LogP contribution in [0.25, 0.3) is 0 Å². The number of aryl methyl sites for hydroxylation is 2. The van der Waals surface area contributed by atoms with Crippen molar-refractivity contribution < 1.29 is 4.79 Å². The summed E-state index contributed by atoms with van der Waals surface area (Å²) in [6, 6.07) is 6.83. The zero-order valence-electron chi connectivity index (χ0n) is 10.9. The minimum atomic E-state index is -0.200. The zero-order valence-corrected chi connectivity index (χ0v) is 10.9. The Morgan fingerprint density at radius 1 is 1.22 bits per heavy atom. The first-order valence-electron chi connectivity index (χ1n) is 6.85. The van der Waals surface area contributed by atoms with Crippen LogP contribution < -0.4 is 11.1 Å². The Balaban J connectivity index is 1.66. The third kappa shape index (κ3) is 3.84. The molecule has 18 heavy (non-hydrogen) atoms. The van der Waals surface area contributed by atoms with E-state index in [-0.39, 0.29) is 5.91 Å². The zero-order chi connectivity index (χ0) is 12.8. The first-order chi connectivity index (χ1) is 8.75. The second-order valence-corrected chi connectivity index (χ2v) is 5.06. The average Bonchev–Trinajstić information content (AvgIpc) is 2.80. The van der Waals surface area contributed by atoms with Crippen LogP contribution in [-0.2, 0) is 24.2 Å². The number of primary amides is 1. The van der Waals surface area contributed by atoms with Crippen molar-refractivity contribution in [3.63, 3.8) is 0 Å². The molecule has 0 radical (unpaired) electrons. The number of carbonyl (C=O) groups is 1. The number of nitrogens with one attached hydrogen (secondary N) is 1.